The molecule has 0 aliphatic rings. The van der Waals surface area contributed by atoms with E-state index in [-0.39, 0.29) is 18.6 Å². The summed E-state index contributed by atoms with van der Waals surface area (Å²) in [6.45, 7) is 3.77. The van der Waals surface area contributed by atoms with Gasteiger partial charge in [0.1, 0.15) is 5.75 Å². The predicted molar refractivity (Wildman–Crippen MR) is 110 cm³/mol. The Hall–Kier alpha value is -3.88. The second-order valence-corrected chi connectivity index (χ2v) is 6.86. The van der Waals surface area contributed by atoms with Crippen molar-refractivity contribution in [2.45, 2.75) is 19.9 Å². The number of amides is 1. The van der Waals surface area contributed by atoms with E-state index in [1.54, 1.807) is 12.3 Å². The number of hydrogen-bond acceptors (Lipinski definition) is 6. The van der Waals surface area contributed by atoms with Crippen LogP contribution in [0.3, 0.4) is 0 Å². The zero-order valence-electron chi connectivity index (χ0n) is 16.1. The molecular formula is C20H21N7O2. The number of ether oxygens (including phenoxy) is 1. The summed E-state index contributed by atoms with van der Waals surface area (Å²) in [5, 5.41) is 22.3. The summed E-state index contributed by atoms with van der Waals surface area (Å²) in [5.74, 6) is 1.53. The lowest BCUT2D eigenvalue weighted by molar-refractivity contribution is -0.123. The van der Waals surface area contributed by atoms with E-state index in [0.29, 0.717) is 17.5 Å². The molecule has 0 fully saturated rings. The van der Waals surface area contributed by atoms with Gasteiger partial charge in [-0.25, -0.2) is 0 Å². The first-order valence-electron chi connectivity index (χ1n) is 9.22. The highest BCUT2D eigenvalue weighted by molar-refractivity contribution is 5.82. The molecule has 2 aromatic carbocycles. The number of aromatic amines is 2. The highest BCUT2D eigenvalue weighted by Crippen LogP contribution is 2.23. The molecule has 0 aliphatic heterocycles. The summed E-state index contributed by atoms with van der Waals surface area (Å²) < 4.78 is 5.57. The predicted octanol–water partition coefficient (Wildman–Crippen LogP) is 3.00. The maximum absolute atomic E-state index is 11.7. The Balaban J connectivity index is 1.44. The van der Waals surface area contributed by atoms with Crippen LogP contribution in [0.25, 0.3) is 22.3 Å². The maximum atomic E-state index is 11.7. The standard InChI is InChI=1S/C20H21N7O2/c1-12(2)22-18(28)11-29-16-5-3-4-13(9-16)19-24-20(27-26-19)23-15-6-7-17-14(8-15)10-21-25-17/h3-10,12H,11H2,1-2H3,(H,21,25)(H,22,28)(H2,23,24,26,27). The molecule has 4 aromatic rings. The summed E-state index contributed by atoms with van der Waals surface area (Å²) in [6, 6.07) is 13.3. The first kappa shape index (κ1) is 18.5. The smallest absolute Gasteiger partial charge is 0.258 e. The second-order valence-electron chi connectivity index (χ2n) is 6.86. The van der Waals surface area contributed by atoms with E-state index >= 15 is 0 Å². The Morgan fingerprint density at radius 3 is 2.93 bits per heavy atom. The fourth-order valence-electron chi connectivity index (χ4n) is 2.85. The number of anilines is 2. The molecule has 0 radical (unpaired) electrons. The number of hydrogen-bond donors (Lipinski definition) is 4. The number of benzene rings is 2. The van der Waals surface area contributed by atoms with Gasteiger partial charge in [-0.05, 0) is 44.2 Å². The Kier molecular flexibility index (Phi) is 5.10. The molecule has 4 rings (SSSR count). The zero-order valence-corrected chi connectivity index (χ0v) is 16.1. The van der Waals surface area contributed by atoms with Gasteiger partial charge in [-0.15, -0.1) is 10.2 Å². The molecule has 0 aliphatic carbocycles. The summed E-state index contributed by atoms with van der Waals surface area (Å²) in [6.07, 6.45) is 1.76. The fraction of sp³-hybridized carbons (Fsp3) is 0.200. The third kappa shape index (κ3) is 4.52. The van der Waals surface area contributed by atoms with Crippen LogP contribution in [0, 0.1) is 0 Å². The first-order valence-corrected chi connectivity index (χ1v) is 9.22. The number of carbonyl (C=O) groups excluding carboxylic acids is 1. The van der Waals surface area contributed by atoms with Crippen LogP contribution in [0.5, 0.6) is 5.75 Å². The minimum absolute atomic E-state index is 0.0403. The third-order valence-electron chi connectivity index (χ3n) is 4.12. The van der Waals surface area contributed by atoms with Crippen LogP contribution >= 0.6 is 0 Å². The number of rotatable bonds is 7. The lowest BCUT2D eigenvalue weighted by Gasteiger charge is -2.10. The first-order chi connectivity index (χ1) is 14.1. The summed E-state index contributed by atoms with van der Waals surface area (Å²) in [7, 11) is 0. The summed E-state index contributed by atoms with van der Waals surface area (Å²) in [4.78, 5) is 14.9. The van der Waals surface area contributed by atoms with Crippen molar-refractivity contribution < 1.29 is 9.53 Å². The van der Waals surface area contributed by atoms with Gasteiger partial charge < -0.3 is 20.4 Å². The van der Waals surface area contributed by atoms with E-state index < -0.39 is 0 Å². The second kappa shape index (κ2) is 8.01. The molecule has 2 aromatic heterocycles. The minimum atomic E-state index is -0.161. The third-order valence-corrected chi connectivity index (χ3v) is 4.12. The Bertz CT molecular complexity index is 1130. The van der Waals surface area contributed by atoms with Crippen molar-refractivity contribution in [3.8, 4) is 17.1 Å². The van der Waals surface area contributed by atoms with E-state index in [0.717, 1.165) is 22.2 Å². The van der Waals surface area contributed by atoms with Crippen molar-refractivity contribution >= 4 is 28.4 Å². The van der Waals surface area contributed by atoms with Crippen molar-refractivity contribution in [1.29, 1.82) is 0 Å². The van der Waals surface area contributed by atoms with Gasteiger partial charge in [-0.2, -0.15) is 5.10 Å². The average Bonchev–Trinajstić information content (AvgIpc) is 3.35. The number of nitrogens with one attached hydrogen (secondary N) is 4. The Morgan fingerprint density at radius 1 is 1.17 bits per heavy atom. The monoisotopic (exact) mass is 391 g/mol. The largest absolute Gasteiger partial charge is 0.484 e. The summed E-state index contributed by atoms with van der Waals surface area (Å²) >= 11 is 0. The molecule has 0 unspecified atom stereocenters. The number of aromatic nitrogens is 5. The number of carbonyl (C=O) groups is 1. The zero-order chi connectivity index (χ0) is 20.2. The van der Waals surface area contributed by atoms with Crippen LogP contribution in [0.1, 0.15) is 13.8 Å². The normalized spacial score (nSPS) is 11.0. The van der Waals surface area contributed by atoms with Crippen molar-refractivity contribution in [1.82, 2.24) is 30.7 Å². The molecule has 0 atom stereocenters. The van der Waals surface area contributed by atoms with Crippen LogP contribution in [-0.4, -0.2) is 43.9 Å². The molecule has 2 heterocycles. The molecule has 0 spiro atoms. The van der Waals surface area contributed by atoms with Crippen molar-refractivity contribution in [2.24, 2.45) is 0 Å². The van der Waals surface area contributed by atoms with E-state index in [1.165, 1.54) is 0 Å². The van der Waals surface area contributed by atoms with E-state index in [9.17, 15) is 4.79 Å². The molecule has 9 heteroatoms. The molecule has 148 valence electrons. The van der Waals surface area contributed by atoms with Crippen LogP contribution in [-0.2, 0) is 4.79 Å². The van der Waals surface area contributed by atoms with E-state index in [1.807, 2.05) is 50.2 Å². The molecule has 0 saturated heterocycles. The topological polar surface area (TPSA) is 121 Å². The highest BCUT2D eigenvalue weighted by Gasteiger charge is 2.09. The maximum Gasteiger partial charge on any atom is 0.258 e. The molecule has 0 saturated carbocycles. The molecule has 9 nitrogen and oxygen atoms in total. The van der Waals surface area contributed by atoms with Crippen LogP contribution in [0.2, 0.25) is 0 Å². The van der Waals surface area contributed by atoms with Gasteiger partial charge in [0.05, 0.1) is 11.7 Å². The average molecular weight is 391 g/mol. The van der Waals surface area contributed by atoms with Crippen LogP contribution < -0.4 is 15.4 Å². The van der Waals surface area contributed by atoms with Gasteiger partial charge in [0.25, 0.3) is 5.91 Å². The van der Waals surface area contributed by atoms with Gasteiger partial charge >= 0.3 is 0 Å². The van der Waals surface area contributed by atoms with Gasteiger partial charge in [-0.1, -0.05) is 12.1 Å². The lowest BCUT2D eigenvalue weighted by atomic mass is 10.2. The van der Waals surface area contributed by atoms with Crippen molar-refractivity contribution in [3.05, 3.63) is 48.7 Å². The summed E-state index contributed by atoms with van der Waals surface area (Å²) in [5.41, 5.74) is 2.64. The quantitative estimate of drug-likeness (QED) is 0.384. The Labute approximate surface area is 166 Å². The number of fused-ring (bicyclic) bond motifs is 1. The molecule has 4 N–H and O–H groups in total. The SMILES string of the molecule is CC(C)NC(=O)COc1cccc(-c2nnc(Nc3ccc4[nH]ncc4c3)[nH]2)c1. The van der Waals surface area contributed by atoms with E-state index in [2.05, 4.69) is 36.0 Å². The molecule has 0 bridgehead atoms. The van der Waals surface area contributed by atoms with Gasteiger partial charge in [0, 0.05) is 22.7 Å². The van der Waals surface area contributed by atoms with Gasteiger partial charge in [0.2, 0.25) is 5.95 Å². The fourth-order valence-corrected chi connectivity index (χ4v) is 2.85. The molecular weight excluding hydrogens is 370 g/mol. The Morgan fingerprint density at radius 2 is 2.07 bits per heavy atom. The highest BCUT2D eigenvalue weighted by atomic mass is 16.5. The van der Waals surface area contributed by atoms with Gasteiger partial charge in [-0.3, -0.25) is 9.89 Å². The van der Waals surface area contributed by atoms with Crippen LogP contribution in [0.15, 0.2) is 48.7 Å². The molecule has 1 amide bonds. The van der Waals surface area contributed by atoms with Crippen molar-refractivity contribution in [2.75, 3.05) is 11.9 Å². The van der Waals surface area contributed by atoms with Crippen molar-refractivity contribution in [3.63, 3.8) is 0 Å². The molecule has 29 heavy (non-hydrogen) atoms. The number of nitrogens with zero attached hydrogens (tertiary/aromatic N) is 3. The van der Waals surface area contributed by atoms with Crippen LogP contribution in [0.4, 0.5) is 11.6 Å². The lowest BCUT2D eigenvalue weighted by Crippen LogP contribution is -2.34. The minimum Gasteiger partial charge on any atom is -0.484 e. The van der Waals surface area contributed by atoms with Gasteiger partial charge in [0.15, 0.2) is 12.4 Å². The van der Waals surface area contributed by atoms with E-state index in [4.69, 9.17) is 4.74 Å². The number of H-pyrrole nitrogens is 2.